The zero-order valence-corrected chi connectivity index (χ0v) is 12.3. The van der Waals surface area contributed by atoms with Crippen molar-refractivity contribution in [3.63, 3.8) is 0 Å². The minimum Gasteiger partial charge on any atom is -0.481 e. The van der Waals surface area contributed by atoms with Crippen LogP contribution in [0.2, 0.25) is 0 Å². The Kier molecular flexibility index (Phi) is 3.55. The summed E-state index contributed by atoms with van der Waals surface area (Å²) in [6.45, 7) is 3.16. The van der Waals surface area contributed by atoms with Crippen LogP contribution in [0.15, 0.2) is 18.2 Å². The van der Waals surface area contributed by atoms with Gasteiger partial charge < -0.3 is 19.4 Å². The van der Waals surface area contributed by atoms with Gasteiger partial charge in [0.25, 0.3) is 11.8 Å². The number of nitrogens with zero attached hydrogens (tertiary/aromatic N) is 3. The molecule has 1 fully saturated rings. The number of likely N-dealkylation sites (N-methyl/N-ethyl adjacent to an activating group) is 2. The van der Waals surface area contributed by atoms with E-state index in [1.165, 1.54) is 0 Å². The van der Waals surface area contributed by atoms with E-state index in [4.69, 9.17) is 4.74 Å². The van der Waals surface area contributed by atoms with Crippen LogP contribution in [0.5, 0.6) is 5.75 Å². The largest absolute Gasteiger partial charge is 0.481 e. The van der Waals surface area contributed by atoms with Crippen LogP contribution < -0.4 is 9.64 Å². The summed E-state index contributed by atoms with van der Waals surface area (Å²) in [5, 5.41) is 0. The quantitative estimate of drug-likeness (QED) is 0.752. The average Bonchev–Trinajstić information content (AvgIpc) is 2.50. The van der Waals surface area contributed by atoms with E-state index in [1.807, 2.05) is 4.90 Å². The minimum absolute atomic E-state index is 0.0173. The van der Waals surface area contributed by atoms with Crippen molar-refractivity contribution in [1.29, 1.82) is 0 Å². The molecular formula is C15H19N3O3. The third-order valence-corrected chi connectivity index (χ3v) is 4.09. The predicted octanol–water partition coefficient (Wildman–Crippen LogP) is 0.429. The molecule has 0 aromatic heterocycles. The number of amides is 2. The molecule has 21 heavy (non-hydrogen) atoms. The van der Waals surface area contributed by atoms with E-state index in [0.717, 1.165) is 13.1 Å². The third kappa shape index (κ3) is 2.47. The van der Waals surface area contributed by atoms with Crippen molar-refractivity contribution in [2.75, 3.05) is 51.8 Å². The number of hydrogen-bond acceptors (Lipinski definition) is 4. The highest BCUT2D eigenvalue weighted by atomic mass is 16.5. The molecule has 1 aromatic carbocycles. The molecule has 2 heterocycles. The normalized spacial score (nSPS) is 19.2. The number of anilines is 1. The second-order valence-corrected chi connectivity index (χ2v) is 5.49. The maximum absolute atomic E-state index is 12.7. The molecule has 2 aliphatic rings. The van der Waals surface area contributed by atoms with Crippen molar-refractivity contribution >= 4 is 17.5 Å². The summed E-state index contributed by atoms with van der Waals surface area (Å²) in [5.41, 5.74) is 1.20. The Morgan fingerprint density at radius 3 is 2.57 bits per heavy atom. The van der Waals surface area contributed by atoms with Gasteiger partial charge in [0.15, 0.2) is 12.4 Å². The monoisotopic (exact) mass is 289 g/mol. The van der Waals surface area contributed by atoms with Gasteiger partial charge in [0.1, 0.15) is 0 Å². The second-order valence-electron chi connectivity index (χ2n) is 5.49. The highest BCUT2D eigenvalue weighted by molar-refractivity contribution is 6.04. The topological polar surface area (TPSA) is 53.1 Å². The third-order valence-electron chi connectivity index (χ3n) is 4.09. The zero-order valence-electron chi connectivity index (χ0n) is 12.3. The molecule has 0 spiro atoms. The average molecular weight is 289 g/mol. The summed E-state index contributed by atoms with van der Waals surface area (Å²) in [7, 11) is 3.75. The number of ether oxygens (including phenoxy) is 1. The number of hydrogen-bond donors (Lipinski definition) is 0. The van der Waals surface area contributed by atoms with Crippen LogP contribution in [0.3, 0.4) is 0 Å². The lowest BCUT2D eigenvalue weighted by molar-refractivity contribution is -0.121. The van der Waals surface area contributed by atoms with Crippen LogP contribution in [-0.2, 0) is 4.79 Å². The zero-order chi connectivity index (χ0) is 15.0. The van der Waals surface area contributed by atoms with E-state index in [0.29, 0.717) is 30.1 Å². The maximum Gasteiger partial charge on any atom is 0.264 e. The molecule has 1 aromatic rings. The predicted molar refractivity (Wildman–Crippen MR) is 78.7 cm³/mol. The first-order chi connectivity index (χ1) is 10.1. The van der Waals surface area contributed by atoms with E-state index in [2.05, 4.69) is 11.9 Å². The lowest BCUT2D eigenvalue weighted by Crippen LogP contribution is -2.47. The summed E-state index contributed by atoms with van der Waals surface area (Å²) >= 11 is 0. The molecule has 6 nitrogen and oxygen atoms in total. The van der Waals surface area contributed by atoms with Crippen molar-refractivity contribution in [2.24, 2.45) is 0 Å². The van der Waals surface area contributed by atoms with E-state index < -0.39 is 0 Å². The fourth-order valence-electron chi connectivity index (χ4n) is 2.65. The molecule has 2 amide bonds. The number of para-hydroxylation sites is 1. The van der Waals surface area contributed by atoms with Gasteiger partial charge in [-0.15, -0.1) is 0 Å². The van der Waals surface area contributed by atoms with Crippen molar-refractivity contribution in [2.45, 2.75) is 0 Å². The molecule has 3 rings (SSSR count). The Morgan fingerprint density at radius 2 is 1.86 bits per heavy atom. The number of benzene rings is 1. The van der Waals surface area contributed by atoms with Crippen molar-refractivity contribution in [3.05, 3.63) is 23.8 Å². The Labute approximate surface area is 123 Å². The fourth-order valence-corrected chi connectivity index (χ4v) is 2.65. The first kappa shape index (κ1) is 13.9. The Bertz CT molecular complexity index is 580. The molecular weight excluding hydrogens is 270 g/mol. The molecule has 6 heteroatoms. The van der Waals surface area contributed by atoms with Gasteiger partial charge in [0, 0.05) is 33.2 Å². The van der Waals surface area contributed by atoms with E-state index >= 15 is 0 Å². The van der Waals surface area contributed by atoms with Crippen LogP contribution in [0, 0.1) is 0 Å². The Morgan fingerprint density at radius 1 is 1.14 bits per heavy atom. The molecule has 0 atom stereocenters. The van der Waals surface area contributed by atoms with Gasteiger partial charge in [-0.25, -0.2) is 0 Å². The SMILES string of the molecule is CN1CCN(C(=O)c2cccc3c2OCC(=O)N3C)CC1. The number of carbonyl (C=O) groups is 2. The number of rotatable bonds is 1. The molecule has 0 bridgehead atoms. The number of carbonyl (C=O) groups excluding carboxylic acids is 2. The smallest absolute Gasteiger partial charge is 0.264 e. The van der Waals surface area contributed by atoms with Gasteiger partial charge in [-0.3, -0.25) is 9.59 Å². The van der Waals surface area contributed by atoms with Crippen LogP contribution in [0.4, 0.5) is 5.69 Å². The molecule has 0 saturated carbocycles. The van der Waals surface area contributed by atoms with Crippen LogP contribution in [0.1, 0.15) is 10.4 Å². The van der Waals surface area contributed by atoms with Crippen molar-refractivity contribution < 1.29 is 14.3 Å². The summed E-state index contributed by atoms with van der Waals surface area (Å²) in [5.74, 6) is 0.387. The molecule has 1 saturated heterocycles. The minimum atomic E-state index is -0.105. The van der Waals surface area contributed by atoms with Crippen LogP contribution >= 0.6 is 0 Å². The molecule has 0 aliphatic carbocycles. The lowest BCUT2D eigenvalue weighted by atomic mass is 10.1. The number of fused-ring (bicyclic) bond motifs is 1. The number of piperazine rings is 1. The fraction of sp³-hybridized carbons (Fsp3) is 0.467. The molecule has 0 unspecified atom stereocenters. The van der Waals surface area contributed by atoms with Crippen molar-refractivity contribution in [1.82, 2.24) is 9.80 Å². The summed E-state index contributed by atoms with van der Waals surface area (Å²) < 4.78 is 5.52. The van der Waals surface area contributed by atoms with E-state index in [9.17, 15) is 9.59 Å². The van der Waals surface area contributed by atoms with E-state index in [1.54, 1.807) is 30.1 Å². The van der Waals surface area contributed by atoms with Crippen LogP contribution in [-0.4, -0.2) is 68.5 Å². The van der Waals surface area contributed by atoms with Gasteiger partial charge in [-0.05, 0) is 19.2 Å². The molecule has 0 N–H and O–H groups in total. The van der Waals surface area contributed by atoms with Gasteiger partial charge in [0.2, 0.25) is 0 Å². The molecule has 0 radical (unpaired) electrons. The molecule has 112 valence electrons. The van der Waals surface area contributed by atoms with Gasteiger partial charge >= 0.3 is 0 Å². The van der Waals surface area contributed by atoms with Crippen LogP contribution in [0.25, 0.3) is 0 Å². The first-order valence-corrected chi connectivity index (χ1v) is 7.08. The summed E-state index contributed by atoms with van der Waals surface area (Å²) in [6.07, 6.45) is 0. The Hall–Kier alpha value is -2.08. The van der Waals surface area contributed by atoms with Gasteiger partial charge in [-0.1, -0.05) is 6.07 Å². The second kappa shape index (κ2) is 5.37. The first-order valence-electron chi connectivity index (χ1n) is 7.08. The Balaban J connectivity index is 1.89. The lowest BCUT2D eigenvalue weighted by Gasteiger charge is -2.33. The summed E-state index contributed by atoms with van der Waals surface area (Å²) in [6, 6.07) is 5.36. The molecule has 2 aliphatic heterocycles. The highest BCUT2D eigenvalue weighted by Crippen LogP contribution is 2.35. The highest BCUT2D eigenvalue weighted by Gasteiger charge is 2.29. The van der Waals surface area contributed by atoms with Crippen molar-refractivity contribution in [3.8, 4) is 5.75 Å². The van der Waals surface area contributed by atoms with Gasteiger partial charge in [-0.2, -0.15) is 0 Å². The van der Waals surface area contributed by atoms with Gasteiger partial charge in [0.05, 0.1) is 11.3 Å². The maximum atomic E-state index is 12.7. The standard InChI is InChI=1S/C15H19N3O3/c1-16-6-8-18(9-7-16)15(20)11-4-3-5-12-14(11)21-10-13(19)17(12)2/h3-5H,6-10H2,1-2H3. The summed E-state index contributed by atoms with van der Waals surface area (Å²) in [4.78, 5) is 30.0. The van der Waals surface area contributed by atoms with E-state index in [-0.39, 0.29) is 18.4 Å².